The van der Waals surface area contributed by atoms with Gasteiger partial charge in [0.15, 0.2) is 0 Å². The minimum Gasteiger partial charge on any atom is -0.462 e. The van der Waals surface area contributed by atoms with Crippen molar-refractivity contribution in [1.29, 1.82) is 0 Å². The maximum atomic E-state index is 11.6. The monoisotopic (exact) mass is 341 g/mol. The van der Waals surface area contributed by atoms with Crippen molar-refractivity contribution < 1.29 is 14.4 Å². The van der Waals surface area contributed by atoms with E-state index in [1.165, 1.54) is 32.1 Å². The van der Waals surface area contributed by atoms with Crippen LogP contribution in [0.2, 0.25) is 0 Å². The summed E-state index contributed by atoms with van der Waals surface area (Å²) in [6, 6.07) is 0. The third-order valence-corrected chi connectivity index (χ3v) is 4.86. The fourth-order valence-corrected chi connectivity index (χ4v) is 3.91. The van der Waals surface area contributed by atoms with E-state index in [4.69, 9.17) is 9.57 Å². The number of esters is 1. The predicted octanol–water partition coefficient (Wildman–Crippen LogP) is 5.25. The van der Waals surface area contributed by atoms with Gasteiger partial charge >= 0.3 is 5.97 Å². The first-order valence-electron chi connectivity index (χ1n) is 9.85. The maximum absolute atomic E-state index is 11.6. The van der Waals surface area contributed by atoms with E-state index in [1.54, 1.807) is 0 Å². The normalized spacial score (nSPS) is 20.9. The minimum absolute atomic E-state index is 0.0173. The Labute approximate surface area is 149 Å². The summed E-state index contributed by atoms with van der Waals surface area (Å²) in [6.07, 6.45) is 9.68. The van der Waals surface area contributed by atoms with E-state index in [-0.39, 0.29) is 23.2 Å². The SMILES string of the molecule is CCCCCCCCON1C(C)(C)CC(OC(=O)CC)CC1(C)C. The third kappa shape index (κ3) is 6.72. The molecule has 0 amide bonds. The standard InChI is InChI=1S/C20H39NO3/c1-7-9-10-11-12-13-14-23-21-19(3,4)15-17(16-20(21,5)6)24-18(22)8-2/h17H,7-16H2,1-6H3. The van der Waals surface area contributed by atoms with Gasteiger partial charge in [0.25, 0.3) is 0 Å². The number of piperidine rings is 1. The second-order valence-corrected chi connectivity index (χ2v) is 8.39. The molecule has 0 atom stereocenters. The number of carbonyl (C=O) groups excluding carboxylic acids is 1. The van der Waals surface area contributed by atoms with Crippen LogP contribution in [0.25, 0.3) is 0 Å². The number of unbranched alkanes of at least 4 members (excludes halogenated alkanes) is 5. The molecule has 1 heterocycles. The molecule has 0 saturated carbocycles. The fraction of sp³-hybridized carbons (Fsp3) is 0.950. The van der Waals surface area contributed by atoms with Crippen LogP contribution in [0.1, 0.15) is 99.3 Å². The lowest BCUT2D eigenvalue weighted by Crippen LogP contribution is -2.62. The van der Waals surface area contributed by atoms with Crippen molar-refractivity contribution in [3.63, 3.8) is 0 Å². The molecule has 0 bridgehead atoms. The van der Waals surface area contributed by atoms with Crippen LogP contribution in [-0.4, -0.2) is 34.8 Å². The van der Waals surface area contributed by atoms with Crippen molar-refractivity contribution in [2.24, 2.45) is 0 Å². The van der Waals surface area contributed by atoms with Crippen LogP contribution in [0.5, 0.6) is 0 Å². The van der Waals surface area contributed by atoms with Crippen molar-refractivity contribution in [3.8, 4) is 0 Å². The van der Waals surface area contributed by atoms with Crippen molar-refractivity contribution in [2.45, 2.75) is 117 Å². The number of hydroxylamine groups is 2. The molecular weight excluding hydrogens is 302 g/mol. The van der Waals surface area contributed by atoms with Gasteiger partial charge in [0, 0.05) is 30.3 Å². The summed E-state index contributed by atoms with van der Waals surface area (Å²) in [5.41, 5.74) is -0.273. The van der Waals surface area contributed by atoms with Crippen LogP contribution in [0.15, 0.2) is 0 Å². The molecule has 1 aliphatic heterocycles. The van der Waals surface area contributed by atoms with E-state index >= 15 is 0 Å². The summed E-state index contributed by atoms with van der Waals surface area (Å²) in [4.78, 5) is 17.8. The van der Waals surface area contributed by atoms with Gasteiger partial charge in [0.05, 0.1) is 6.61 Å². The zero-order chi connectivity index (χ0) is 18.2. The Balaban J connectivity index is 2.48. The van der Waals surface area contributed by atoms with E-state index in [2.05, 4.69) is 39.7 Å². The quantitative estimate of drug-likeness (QED) is 0.402. The lowest BCUT2D eigenvalue weighted by molar-refractivity contribution is -0.293. The Bertz CT molecular complexity index is 361. The molecule has 0 aliphatic carbocycles. The average Bonchev–Trinajstić information content (AvgIpc) is 2.47. The highest BCUT2D eigenvalue weighted by Gasteiger charge is 2.47. The lowest BCUT2D eigenvalue weighted by atomic mass is 9.80. The maximum Gasteiger partial charge on any atom is 0.305 e. The summed E-state index contributed by atoms with van der Waals surface area (Å²) in [6.45, 7) is 13.6. The molecule has 4 heteroatoms. The van der Waals surface area contributed by atoms with Gasteiger partial charge in [-0.3, -0.25) is 9.63 Å². The minimum atomic E-state index is -0.136. The highest BCUT2D eigenvalue weighted by Crippen LogP contribution is 2.39. The van der Waals surface area contributed by atoms with Gasteiger partial charge in [0.2, 0.25) is 0 Å². The third-order valence-electron chi connectivity index (χ3n) is 4.86. The lowest BCUT2D eigenvalue weighted by Gasteiger charge is -2.53. The first-order valence-corrected chi connectivity index (χ1v) is 9.85. The Morgan fingerprint density at radius 3 is 2.04 bits per heavy atom. The van der Waals surface area contributed by atoms with Crippen molar-refractivity contribution in [1.82, 2.24) is 5.06 Å². The van der Waals surface area contributed by atoms with Crippen LogP contribution in [0.4, 0.5) is 0 Å². The van der Waals surface area contributed by atoms with Crippen LogP contribution in [0.3, 0.4) is 0 Å². The van der Waals surface area contributed by atoms with Crippen LogP contribution in [0, 0.1) is 0 Å². The topological polar surface area (TPSA) is 38.8 Å². The second-order valence-electron chi connectivity index (χ2n) is 8.39. The van der Waals surface area contributed by atoms with Crippen molar-refractivity contribution in [2.75, 3.05) is 6.61 Å². The summed E-state index contributed by atoms with van der Waals surface area (Å²) in [5, 5.41) is 2.16. The number of hydrogen-bond donors (Lipinski definition) is 0. The van der Waals surface area contributed by atoms with Crippen molar-refractivity contribution in [3.05, 3.63) is 0 Å². The molecule has 1 fully saturated rings. The molecule has 0 aromatic heterocycles. The zero-order valence-electron chi connectivity index (χ0n) is 16.8. The highest BCUT2D eigenvalue weighted by molar-refractivity contribution is 5.69. The van der Waals surface area contributed by atoms with E-state index in [9.17, 15) is 4.79 Å². The molecule has 0 unspecified atom stereocenters. The van der Waals surface area contributed by atoms with Crippen molar-refractivity contribution >= 4 is 5.97 Å². The molecule has 1 rings (SSSR count). The zero-order valence-corrected chi connectivity index (χ0v) is 16.8. The van der Waals surface area contributed by atoms with Gasteiger partial charge in [-0.25, -0.2) is 0 Å². The Morgan fingerprint density at radius 1 is 0.958 bits per heavy atom. The summed E-state index contributed by atoms with van der Waals surface area (Å²) < 4.78 is 5.62. The van der Waals surface area contributed by atoms with E-state index in [0.717, 1.165) is 25.9 Å². The molecule has 4 nitrogen and oxygen atoms in total. The molecule has 0 N–H and O–H groups in total. The molecule has 0 aromatic rings. The summed E-state index contributed by atoms with van der Waals surface area (Å²) in [5.74, 6) is -0.104. The first-order chi connectivity index (χ1) is 11.2. The van der Waals surface area contributed by atoms with Gasteiger partial charge in [-0.2, -0.15) is 5.06 Å². The van der Waals surface area contributed by atoms with E-state index in [0.29, 0.717) is 6.42 Å². The van der Waals surface area contributed by atoms with Gasteiger partial charge in [-0.1, -0.05) is 46.0 Å². The molecule has 0 radical (unpaired) electrons. The molecule has 142 valence electrons. The van der Waals surface area contributed by atoms with E-state index in [1.807, 2.05) is 6.92 Å². The smallest absolute Gasteiger partial charge is 0.305 e. The number of ether oxygens (including phenoxy) is 1. The predicted molar refractivity (Wildman–Crippen MR) is 98.7 cm³/mol. The average molecular weight is 342 g/mol. The highest BCUT2D eigenvalue weighted by atomic mass is 16.7. The summed E-state index contributed by atoms with van der Waals surface area (Å²) in [7, 11) is 0. The number of hydrogen-bond acceptors (Lipinski definition) is 4. The van der Waals surface area contributed by atoms with Gasteiger partial charge in [0.1, 0.15) is 6.10 Å². The van der Waals surface area contributed by atoms with Gasteiger partial charge < -0.3 is 4.74 Å². The number of nitrogens with zero attached hydrogens (tertiary/aromatic N) is 1. The molecule has 0 aromatic carbocycles. The Kier molecular flexibility index (Phi) is 8.72. The van der Waals surface area contributed by atoms with Gasteiger partial charge in [-0.15, -0.1) is 0 Å². The number of carbonyl (C=O) groups is 1. The van der Waals surface area contributed by atoms with Crippen LogP contribution >= 0.6 is 0 Å². The number of rotatable bonds is 10. The van der Waals surface area contributed by atoms with Gasteiger partial charge in [-0.05, 0) is 34.1 Å². The molecule has 1 aliphatic rings. The second kappa shape index (κ2) is 9.76. The molecule has 1 saturated heterocycles. The Morgan fingerprint density at radius 2 is 1.50 bits per heavy atom. The van der Waals surface area contributed by atoms with Crippen LogP contribution in [-0.2, 0) is 14.4 Å². The van der Waals surface area contributed by atoms with Crippen LogP contribution < -0.4 is 0 Å². The fourth-order valence-electron chi connectivity index (χ4n) is 3.91. The molecule has 24 heavy (non-hydrogen) atoms. The summed E-state index contributed by atoms with van der Waals surface area (Å²) >= 11 is 0. The largest absolute Gasteiger partial charge is 0.462 e. The Hall–Kier alpha value is -0.610. The first kappa shape index (κ1) is 21.4. The van der Waals surface area contributed by atoms with E-state index < -0.39 is 0 Å². The molecule has 0 spiro atoms. The molecular formula is C20H39NO3.